The Kier molecular flexibility index (Phi) is 5.55. The van der Waals surface area contributed by atoms with Crippen LogP contribution >= 0.6 is 11.6 Å². The zero-order chi connectivity index (χ0) is 17.1. The van der Waals surface area contributed by atoms with Crippen molar-refractivity contribution in [2.75, 3.05) is 38.2 Å². The van der Waals surface area contributed by atoms with Crippen LogP contribution in [-0.2, 0) is 4.74 Å². The normalized spacial score (nSPS) is 27.3. The van der Waals surface area contributed by atoms with Crippen LogP contribution in [0.2, 0.25) is 5.02 Å². The van der Waals surface area contributed by atoms with Crippen LogP contribution in [0.15, 0.2) is 12.3 Å². The largest absolute Gasteiger partial charge is 0.378 e. The van der Waals surface area contributed by atoms with Crippen LogP contribution in [0.1, 0.15) is 24.2 Å². The number of nitrogens with zero attached hydrogens (tertiary/aromatic N) is 2. The van der Waals surface area contributed by atoms with E-state index in [1.807, 2.05) is 0 Å². The van der Waals surface area contributed by atoms with Crippen molar-refractivity contribution >= 4 is 23.3 Å². The molecule has 132 valence electrons. The average Bonchev–Trinajstić information content (AvgIpc) is 2.92. The quantitative estimate of drug-likeness (QED) is 0.753. The summed E-state index contributed by atoms with van der Waals surface area (Å²) in [6, 6.07) is 2.43. The van der Waals surface area contributed by atoms with E-state index in [1.165, 1.54) is 0 Å². The van der Waals surface area contributed by atoms with E-state index in [1.54, 1.807) is 17.2 Å². The lowest BCUT2D eigenvalue weighted by Crippen LogP contribution is -2.40. The van der Waals surface area contributed by atoms with Crippen LogP contribution in [0, 0.1) is 5.92 Å². The van der Waals surface area contributed by atoms with Crippen LogP contribution in [0.4, 0.5) is 5.82 Å². The number of rotatable bonds is 4. The first-order valence-electron chi connectivity index (χ1n) is 8.33. The van der Waals surface area contributed by atoms with Crippen molar-refractivity contribution in [2.45, 2.75) is 25.9 Å². The Labute approximate surface area is 147 Å². The molecule has 3 rings (SSSR count). The van der Waals surface area contributed by atoms with Crippen LogP contribution in [-0.4, -0.2) is 60.7 Å². The smallest absolute Gasteiger partial charge is 0.255 e. The van der Waals surface area contributed by atoms with E-state index in [0.29, 0.717) is 60.7 Å². The zero-order valence-corrected chi connectivity index (χ0v) is 14.8. The number of pyridine rings is 1. The Morgan fingerprint density at radius 3 is 2.67 bits per heavy atom. The molecule has 0 aromatic carbocycles. The third-order valence-corrected chi connectivity index (χ3v) is 5.00. The summed E-state index contributed by atoms with van der Waals surface area (Å²) < 4.78 is 5.27. The number of hydrogen-bond acceptors (Lipinski definition) is 6. The summed E-state index contributed by atoms with van der Waals surface area (Å²) in [7, 11) is 0. The summed E-state index contributed by atoms with van der Waals surface area (Å²) in [5.41, 5.74) is 6.97. The van der Waals surface area contributed by atoms with Gasteiger partial charge in [0.2, 0.25) is 0 Å². The van der Waals surface area contributed by atoms with Crippen LogP contribution in [0.3, 0.4) is 0 Å². The summed E-state index contributed by atoms with van der Waals surface area (Å²) in [4.78, 5) is 18.6. The molecule has 3 heterocycles. The molecule has 0 radical (unpaired) electrons. The third kappa shape index (κ3) is 3.80. The van der Waals surface area contributed by atoms with E-state index in [4.69, 9.17) is 16.3 Å². The van der Waals surface area contributed by atoms with Crippen LogP contribution in [0.25, 0.3) is 0 Å². The highest BCUT2D eigenvalue weighted by molar-refractivity contribution is 6.33. The van der Waals surface area contributed by atoms with Gasteiger partial charge in [-0.15, -0.1) is 0 Å². The van der Waals surface area contributed by atoms with Crippen molar-refractivity contribution in [1.29, 1.82) is 0 Å². The Bertz CT molecular complexity index is 584. The van der Waals surface area contributed by atoms with E-state index in [0.717, 1.165) is 6.54 Å². The molecule has 1 aromatic rings. The number of carbonyl (C=O) groups excluding carboxylic acids is 1. The van der Waals surface area contributed by atoms with Gasteiger partial charge in [0.05, 0.1) is 23.8 Å². The first-order valence-corrected chi connectivity index (χ1v) is 8.71. The van der Waals surface area contributed by atoms with E-state index in [-0.39, 0.29) is 5.91 Å². The molecule has 2 saturated heterocycles. The molecule has 24 heavy (non-hydrogen) atoms. The zero-order valence-electron chi connectivity index (χ0n) is 14.0. The molecule has 0 saturated carbocycles. The molecular formula is C16H24ClN5O2. The summed E-state index contributed by atoms with van der Waals surface area (Å²) in [6.45, 7) is 7.40. The molecular weight excluding hydrogens is 330 g/mol. The highest BCUT2D eigenvalue weighted by Gasteiger charge is 2.29. The second-order valence-corrected chi connectivity index (χ2v) is 6.78. The molecule has 2 aliphatic rings. The fourth-order valence-electron chi connectivity index (χ4n) is 3.11. The summed E-state index contributed by atoms with van der Waals surface area (Å²) in [5, 5.41) is 3.76. The summed E-state index contributed by atoms with van der Waals surface area (Å²) in [6.07, 6.45) is 1.59. The van der Waals surface area contributed by atoms with Gasteiger partial charge in [-0.05, 0) is 19.9 Å². The third-order valence-electron chi connectivity index (χ3n) is 4.71. The number of morpholine rings is 1. The van der Waals surface area contributed by atoms with Crippen LogP contribution in [0.5, 0.6) is 0 Å². The number of halogens is 1. The van der Waals surface area contributed by atoms with Gasteiger partial charge in [-0.2, -0.15) is 0 Å². The minimum absolute atomic E-state index is 0.0503. The number of ether oxygens (including phenoxy) is 1. The predicted molar refractivity (Wildman–Crippen MR) is 93.1 cm³/mol. The Morgan fingerprint density at radius 1 is 1.38 bits per heavy atom. The Morgan fingerprint density at radius 2 is 2.04 bits per heavy atom. The molecule has 2 aliphatic heterocycles. The van der Waals surface area contributed by atoms with Crippen molar-refractivity contribution in [2.24, 2.45) is 5.92 Å². The second-order valence-electron chi connectivity index (χ2n) is 6.37. The first-order chi connectivity index (χ1) is 11.6. The predicted octanol–water partition coefficient (Wildman–Crippen LogP) is 1.12. The molecule has 1 amide bonds. The summed E-state index contributed by atoms with van der Waals surface area (Å²) >= 11 is 6.32. The molecule has 2 atom stereocenters. The minimum atomic E-state index is -0.0503. The molecule has 7 nitrogen and oxygen atoms in total. The lowest BCUT2D eigenvalue weighted by atomic mass is 9.97. The fourth-order valence-corrected chi connectivity index (χ4v) is 3.35. The standard InChI is InChI=1S/C16H24ClN5O2/c1-10-13(11(2)21-20-10)9-19-15-14(17)7-12(8-18-15)16(23)22-3-5-24-6-4-22/h7-8,10-11,13,20-21H,3-6,9H2,1-2H3,(H,18,19). The van der Waals surface area contributed by atoms with Gasteiger partial charge in [0, 0.05) is 43.8 Å². The van der Waals surface area contributed by atoms with Crippen molar-refractivity contribution < 1.29 is 9.53 Å². The second kappa shape index (κ2) is 7.65. The van der Waals surface area contributed by atoms with Gasteiger partial charge in [-0.25, -0.2) is 4.98 Å². The molecule has 3 N–H and O–H groups in total. The molecule has 0 aliphatic carbocycles. The number of aromatic nitrogens is 1. The van der Waals surface area contributed by atoms with E-state index >= 15 is 0 Å². The highest BCUT2D eigenvalue weighted by atomic mass is 35.5. The SMILES string of the molecule is CC1NNC(C)C1CNc1ncc(C(=O)N2CCOCC2)cc1Cl. The van der Waals surface area contributed by atoms with Gasteiger partial charge in [-0.1, -0.05) is 11.6 Å². The van der Waals surface area contributed by atoms with Crippen molar-refractivity contribution in [3.63, 3.8) is 0 Å². The fraction of sp³-hybridized carbons (Fsp3) is 0.625. The first kappa shape index (κ1) is 17.4. The molecule has 2 fully saturated rings. The van der Waals surface area contributed by atoms with E-state index in [9.17, 15) is 4.79 Å². The lowest BCUT2D eigenvalue weighted by Gasteiger charge is -2.27. The maximum Gasteiger partial charge on any atom is 0.255 e. The maximum absolute atomic E-state index is 12.5. The topological polar surface area (TPSA) is 78.5 Å². The van der Waals surface area contributed by atoms with Gasteiger partial charge >= 0.3 is 0 Å². The lowest BCUT2D eigenvalue weighted by molar-refractivity contribution is 0.0302. The average molecular weight is 354 g/mol. The Balaban J connectivity index is 1.63. The number of hydrogen-bond donors (Lipinski definition) is 3. The molecule has 0 spiro atoms. The molecule has 1 aromatic heterocycles. The van der Waals surface area contributed by atoms with E-state index < -0.39 is 0 Å². The monoisotopic (exact) mass is 353 g/mol. The number of amides is 1. The summed E-state index contributed by atoms with van der Waals surface area (Å²) in [5.74, 6) is 0.990. The molecule has 2 unspecified atom stereocenters. The number of carbonyl (C=O) groups is 1. The van der Waals surface area contributed by atoms with Gasteiger partial charge in [0.15, 0.2) is 0 Å². The Hall–Kier alpha value is -1.41. The number of nitrogens with one attached hydrogen (secondary N) is 3. The van der Waals surface area contributed by atoms with Crippen molar-refractivity contribution in [3.05, 3.63) is 22.8 Å². The van der Waals surface area contributed by atoms with Gasteiger partial charge in [-0.3, -0.25) is 15.6 Å². The highest BCUT2D eigenvalue weighted by Crippen LogP contribution is 2.23. The molecule has 0 bridgehead atoms. The van der Waals surface area contributed by atoms with Gasteiger partial charge in [0.25, 0.3) is 5.91 Å². The van der Waals surface area contributed by atoms with Crippen molar-refractivity contribution in [1.82, 2.24) is 20.7 Å². The maximum atomic E-state index is 12.5. The minimum Gasteiger partial charge on any atom is -0.378 e. The van der Waals surface area contributed by atoms with Crippen molar-refractivity contribution in [3.8, 4) is 0 Å². The van der Waals surface area contributed by atoms with Gasteiger partial charge < -0.3 is 15.0 Å². The van der Waals surface area contributed by atoms with Crippen LogP contribution < -0.4 is 16.2 Å². The number of anilines is 1. The molecule has 8 heteroatoms. The van der Waals surface area contributed by atoms with E-state index in [2.05, 4.69) is 35.0 Å². The number of hydrazine groups is 1. The van der Waals surface area contributed by atoms with Gasteiger partial charge in [0.1, 0.15) is 5.82 Å².